The van der Waals surface area contributed by atoms with Crippen LogP contribution in [0.15, 0.2) is 59.0 Å². The molecule has 2 aliphatic heterocycles. The first-order chi connectivity index (χ1) is 28.4. The summed E-state index contributed by atoms with van der Waals surface area (Å²) < 4.78 is 77.4. The van der Waals surface area contributed by atoms with Crippen molar-refractivity contribution in [2.24, 2.45) is 17.3 Å². The monoisotopic (exact) mass is 848 g/mol. The number of nitrogens with one attached hydrogen (secondary N) is 1. The van der Waals surface area contributed by atoms with Crippen molar-refractivity contribution in [3.8, 4) is 17.3 Å². The van der Waals surface area contributed by atoms with Crippen molar-refractivity contribution < 1.29 is 50.3 Å². The fourth-order valence-electron chi connectivity index (χ4n) is 8.80. The average Bonchev–Trinajstić information content (AvgIpc) is 4.06. The molecule has 2 aliphatic carbocycles. The lowest BCUT2D eigenvalue weighted by Gasteiger charge is -2.29. The van der Waals surface area contributed by atoms with E-state index in [-0.39, 0.29) is 44.5 Å². The molecule has 2 amide bonds. The predicted molar refractivity (Wildman–Crippen MR) is 216 cm³/mol. The molecule has 320 valence electrons. The number of benzene rings is 2. The number of hydrogen-bond donors (Lipinski definition) is 1. The fraction of sp³-hybridized carbons (Fsp3) is 0.545. The summed E-state index contributed by atoms with van der Waals surface area (Å²) in [4.78, 5) is 67.5. The molecule has 4 heterocycles. The lowest BCUT2D eigenvalue weighted by molar-refractivity contribution is -0.159. The van der Waals surface area contributed by atoms with Crippen molar-refractivity contribution >= 4 is 55.6 Å². The summed E-state index contributed by atoms with van der Waals surface area (Å²) in [5.74, 6) is -7.27. The molecule has 2 aromatic heterocycles. The average molecular weight is 849 g/mol. The third-order valence-corrected chi connectivity index (χ3v) is 13.9. The maximum absolute atomic E-state index is 15.5. The lowest BCUT2D eigenvalue weighted by Crippen LogP contribution is -2.46. The third kappa shape index (κ3) is 9.03. The van der Waals surface area contributed by atoms with Gasteiger partial charge in [0, 0.05) is 37.0 Å². The number of amides is 2. The molecule has 0 unspecified atom stereocenters. The molecule has 2 saturated carbocycles. The quantitative estimate of drug-likeness (QED) is 0.176. The molecule has 4 aliphatic rings. The van der Waals surface area contributed by atoms with Crippen molar-refractivity contribution in [2.75, 3.05) is 6.54 Å². The van der Waals surface area contributed by atoms with Gasteiger partial charge in [0.1, 0.15) is 17.3 Å². The van der Waals surface area contributed by atoms with Gasteiger partial charge in [-0.1, -0.05) is 43.2 Å². The van der Waals surface area contributed by atoms with Crippen LogP contribution in [-0.2, 0) is 33.9 Å². The van der Waals surface area contributed by atoms with E-state index in [1.165, 1.54) is 4.90 Å². The number of esters is 1. The van der Waals surface area contributed by atoms with Crippen molar-refractivity contribution in [2.45, 2.75) is 127 Å². The first-order valence-corrected chi connectivity index (χ1v) is 22.4. The van der Waals surface area contributed by atoms with Crippen LogP contribution < -0.4 is 9.46 Å². The molecule has 60 heavy (non-hydrogen) atoms. The van der Waals surface area contributed by atoms with Gasteiger partial charge < -0.3 is 18.8 Å². The van der Waals surface area contributed by atoms with Gasteiger partial charge >= 0.3 is 5.97 Å². The number of ketones is 1. The van der Waals surface area contributed by atoms with Gasteiger partial charge in [0.25, 0.3) is 0 Å². The van der Waals surface area contributed by atoms with E-state index >= 15 is 8.78 Å². The van der Waals surface area contributed by atoms with E-state index in [4.69, 9.17) is 23.9 Å². The SMILES string of the molecule is CC(C)(C)OC(=O)C[C@H]1CCCCCC(F)(F)C[C@@H]2C[C@@]2(C(=O)NS(=O)(=O)C2CC2)CC(=O)[C@@H]2C[C@@H](Oc3nc4ccccc4nc3-c3cc4ccccc4o3)CN2C1=O. The largest absolute Gasteiger partial charge is 0.471 e. The molecule has 1 N–H and O–H groups in total. The van der Waals surface area contributed by atoms with Gasteiger partial charge in [0.15, 0.2) is 17.2 Å². The number of nitrogens with zero attached hydrogens (tertiary/aromatic N) is 3. The zero-order chi connectivity index (χ0) is 42.6. The molecule has 5 atom stereocenters. The van der Waals surface area contributed by atoms with Gasteiger partial charge in [-0.3, -0.25) is 23.9 Å². The normalized spacial score (nSPS) is 26.4. The van der Waals surface area contributed by atoms with Gasteiger partial charge in [0.05, 0.1) is 40.7 Å². The second kappa shape index (κ2) is 15.8. The van der Waals surface area contributed by atoms with Gasteiger partial charge in [0.2, 0.25) is 33.6 Å². The van der Waals surface area contributed by atoms with E-state index in [0.717, 1.165) is 5.39 Å². The molecule has 2 aromatic carbocycles. The predicted octanol–water partition coefficient (Wildman–Crippen LogP) is 7.30. The zero-order valence-electron chi connectivity index (χ0n) is 34.0. The summed E-state index contributed by atoms with van der Waals surface area (Å²) >= 11 is 0. The van der Waals surface area contributed by atoms with Gasteiger partial charge in [-0.15, -0.1) is 0 Å². The van der Waals surface area contributed by atoms with E-state index in [2.05, 4.69) is 4.72 Å². The molecular formula is C44H50F2N4O9S. The highest BCUT2D eigenvalue weighted by Crippen LogP contribution is 2.60. The second-order valence-electron chi connectivity index (χ2n) is 18.0. The Hall–Kier alpha value is -4.99. The maximum atomic E-state index is 15.5. The molecule has 0 bridgehead atoms. The number of sulfonamides is 1. The molecule has 0 spiro atoms. The molecule has 16 heteroatoms. The minimum Gasteiger partial charge on any atom is -0.471 e. The van der Waals surface area contributed by atoms with Crippen LogP contribution in [0.1, 0.15) is 97.8 Å². The van der Waals surface area contributed by atoms with Gasteiger partial charge in [-0.25, -0.2) is 27.2 Å². The highest BCUT2D eigenvalue weighted by molar-refractivity contribution is 7.90. The first-order valence-electron chi connectivity index (χ1n) is 20.8. The number of fused-ring (bicyclic) bond motifs is 4. The summed E-state index contributed by atoms with van der Waals surface area (Å²) in [6, 6.07) is 15.3. The number of aromatic nitrogens is 2. The number of para-hydroxylation sites is 3. The molecule has 8 rings (SSSR count). The smallest absolute Gasteiger partial charge is 0.307 e. The lowest BCUT2D eigenvalue weighted by atomic mass is 9.89. The number of carbonyl (C=O) groups excluding carboxylic acids is 4. The van der Waals surface area contributed by atoms with Crippen LogP contribution in [0.2, 0.25) is 0 Å². The number of rotatable bonds is 8. The van der Waals surface area contributed by atoms with Crippen molar-refractivity contribution in [1.82, 2.24) is 19.6 Å². The Balaban J connectivity index is 1.14. The number of alkyl halides is 2. The number of furan rings is 1. The minimum absolute atomic E-state index is 0.0588. The minimum atomic E-state index is -4.06. The fourth-order valence-corrected chi connectivity index (χ4v) is 10.2. The maximum Gasteiger partial charge on any atom is 0.307 e. The molecule has 4 aromatic rings. The number of halogens is 2. The molecule has 2 saturated heterocycles. The number of hydrogen-bond acceptors (Lipinski definition) is 11. The van der Waals surface area contributed by atoms with Gasteiger partial charge in [-0.05, 0) is 83.1 Å². The zero-order valence-corrected chi connectivity index (χ0v) is 34.8. The van der Waals surface area contributed by atoms with Crippen LogP contribution in [0.5, 0.6) is 5.88 Å². The molecule has 4 fully saturated rings. The van der Waals surface area contributed by atoms with E-state index in [1.807, 2.05) is 36.4 Å². The summed E-state index contributed by atoms with van der Waals surface area (Å²) in [6.07, 6.45) is -1.23. The van der Waals surface area contributed by atoms with E-state index < -0.39 is 99.0 Å². The summed E-state index contributed by atoms with van der Waals surface area (Å²) in [5, 5.41) is 0.0753. The third-order valence-electron chi connectivity index (χ3n) is 12.1. The topological polar surface area (TPSA) is 175 Å². The Kier molecular flexibility index (Phi) is 11.0. The van der Waals surface area contributed by atoms with Crippen LogP contribution in [0.3, 0.4) is 0 Å². The Bertz CT molecular complexity index is 2410. The Morgan fingerprint density at radius 1 is 0.967 bits per heavy atom. The standard InChI is InChI=1S/C44H50F2N4O9S/c1-42(2,3)59-37(52)20-27-12-5-4-10-18-44(45,46)23-28-22-43(28,41(54)49-60(55,56)30-16-17-30)24-34(51)33-21-29(25-50(33)40(27)53)57-39-38(47-31-13-7-8-14-32(31)48-39)36-19-26-11-6-9-15-35(26)58-36/h6-9,11,13-15,19,27-30,33H,4-5,10,12,16-18,20-25H2,1-3H3,(H,49,54)/t27-,28+,29-,33+,43-/m1/s1. The van der Waals surface area contributed by atoms with Crippen LogP contribution in [0.25, 0.3) is 33.5 Å². The number of Topliss-reactive ketones (excluding diaryl/α,β-unsaturated/α-hetero) is 1. The van der Waals surface area contributed by atoms with Crippen molar-refractivity contribution in [1.29, 1.82) is 0 Å². The Morgan fingerprint density at radius 2 is 1.68 bits per heavy atom. The van der Waals surface area contributed by atoms with Crippen LogP contribution in [-0.4, -0.2) is 82.3 Å². The Labute approximate surface area is 347 Å². The highest BCUT2D eigenvalue weighted by atomic mass is 32.2. The second-order valence-corrected chi connectivity index (χ2v) is 20.0. The molecule has 13 nitrogen and oxygen atoms in total. The van der Waals surface area contributed by atoms with Crippen molar-refractivity contribution in [3.05, 3.63) is 54.6 Å². The number of ether oxygens (including phenoxy) is 2. The Morgan fingerprint density at radius 3 is 2.40 bits per heavy atom. The first kappa shape index (κ1) is 41.7. The summed E-state index contributed by atoms with van der Waals surface area (Å²) in [6.45, 7) is 5.03. The number of carbonyl (C=O) groups is 4. The summed E-state index contributed by atoms with van der Waals surface area (Å²) in [5.41, 5.74) is -0.528. The van der Waals surface area contributed by atoms with Gasteiger partial charge in [-0.2, -0.15) is 0 Å². The van der Waals surface area contributed by atoms with Crippen LogP contribution in [0.4, 0.5) is 8.78 Å². The van der Waals surface area contributed by atoms with E-state index in [1.54, 1.807) is 39.0 Å². The molecule has 0 radical (unpaired) electrons. The van der Waals surface area contributed by atoms with Crippen molar-refractivity contribution in [3.63, 3.8) is 0 Å². The van der Waals surface area contributed by atoms with E-state index in [9.17, 15) is 27.6 Å². The van der Waals surface area contributed by atoms with Crippen LogP contribution in [0, 0.1) is 17.3 Å². The summed E-state index contributed by atoms with van der Waals surface area (Å²) in [7, 11) is -4.06. The molecular weight excluding hydrogens is 799 g/mol. The van der Waals surface area contributed by atoms with Crippen LogP contribution >= 0.6 is 0 Å². The highest BCUT2D eigenvalue weighted by Gasteiger charge is 2.64. The van der Waals surface area contributed by atoms with E-state index in [0.29, 0.717) is 53.8 Å².